The first kappa shape index (κ1) is 23.7. The molecule has 4 aliphatic carbocycles. The zero-order valence-corrected chi connectivity index (χ0v) is 20.0. The standard InChI is InChI=1S/C25H33FO5S/c1-5-32-13-19(28)21-16(22(30)31-4)11-18-17-7-6-14-10-15(27)8-9-24(14,3)25(17,26)20(29)12-23(18,21)2/h8-10,16-18,20-21,29H,5-7,11-13H2,1-4H3/t16?,17-,18-,20?,21+,23-,24-,25-/m0/s1. The van der Waals surface area contributed by atoms with Crippen LogP contribution in [0.5, 0.6) is 0 Å². The van der Waals surface area contributed by atoms with Gasteiger partial charge in [-0.1, -0.05) is 25.5 Å². The van der Waals surface area contributed by atoms with E-state index in [0.717, 1.165) is 11.3 Å². The van der Waals surface area contributed by atoms with Crippen molar-refractivity contribution in [3.8, 4) is 0 Å². The molecule has 4 aliphatic rings. The number of alkyl halides is 1. The molecule has 4 rings (SSSR count). The van der Waals surface area contributed by atoms with Crippen molar-refractivity contribution in [1.29, 1.82) is 0 Å². The van der Waals surface area contributed by atoms with E-state index in [1.54, 1.807) is 13.0 Å². The van der Waals surface area contributed by atoms with E-state index in [0.29, 0.717) is 25.0 Å². The summed E-state index contributed by atoms with van der Waals surface area (Å²) in [4.78, 5) is 38.0. The maximum Gasteiger partial charge on any atom is 0.309 e. The number of thioether (sulfide) groups is 1. The lowest BCUT2D eigenvalue weighted by atomic mass is 9.45. The third-order valence-electron chi connectivity index (χ3n) is 9.00. The fourth-order valence-corrected chi connectivity index (χ4v) is 8.11. The molecule has 176 valence electrons. The van der Waals surface area contributed by atoms with Crippen LogP contribution in [0.15, 0.2) is 23.8 Å². The zero-order valence-electron chi connectivity index (χ0n) is 19.2. The van der Waals surface area contributed by atoms with Crippen molar-refractivity contribution in [1.82, 2.24) is 0 Å². The first-order valence-corrected chi connectivity index (χ1v) is 12.7. The molecular formula is C25H33FO5S. The Labute approximate surface area is 193 Å². The minimum Gasteiger partial charge on any atom is -0.469 e. The van der Waals surface area contributed by atoms with Gasteiger partial charge in [-0.25, -0.2) is 4.39 Å². The maximum atomic E-state index is 17.1. The Balaban J connectivity index is 1.78. The van der Waals surface area contributed by atoms with Gasteiger partial charge in [0.15, 0.2) is 11.5 Å². The Morgan fingerprint density at radius 2 is 2.03 bits per heavy atom. The Morgan fingerprint density at radius 1 is 1.31 bits per heavy atom. The van der Waals surface area contributed by atoms with E-state index in [1.807, 2.05) is 13.8 Å². The van der Waals surface area contributed by atoms with Crippen LogP contribution in [0.1, 0.15) is 46.5 Å². The monoisotopic (exact) mass is 464 g/mol. The van der Waals surface area contributed by atoms with Gasteiger partial charge in [0.1, 0.15) is 5.78 Å². The van der Waals surface area contributed by atoms with E-state index in [2.05, 4.69) is 0 Å². The number of ketones is 2. The largest absolute Gasteiger partial charge is 0.469 e. The Morgan fingerprint density at radius 3 is 2.69 bits per heavy atom. The number of rotatable bonds is 5. The van der Waals surface area contributed by atoms with Gasteiger partial charge in [-0.15, -0.1) is 0 Å². The summed E-state index contributed by atoms with van der Waals surface area (Å²) >= 11 is 1.51. The number of carbonyl (C=O) groups excluding carboxylic acids is 3. The average Bonchev–Trinajstić information content (AvgIpc) is 3.05. The number of hydrogen-bond acceptors (Lipinski definition) is 6. The number of allylic oxidation sites excluding steroid dienone is 4. The molecule has 0 aromatic rings. The van der Waals surface area contributed by atoms with Gasteiger partial charge in [-0.2, -0.15) is 11.8 Å². The number of hydrogen-bond donors (Lipinski definition) is 1. The quantitative estimate of drug-likeness (QED) is 0.625. The highest BCUT2D eigenvalue weighted by molar-refractivity contribution is 7.99. The van der Waals surface area contributed by atoms with Crippen molar-refractivity contribution in [2.45, 2.75) is 58.2 Å². The molecule has 0 bridgehead atoms. The molecule has 1 N–H and O–H groups in total. The van der Waals surface area contributed by atoms with Crippen molar-refractivity contribution in [3.63, 3.8) is 0 Å². The summed E-state index contributed by atoms with van der Waals surface area (Å²) in [6.07, 6.45) is 4.77. The predicted octanol–water partition coefficient (Wildman–Crippen LogP) is 3.69. The number of aliphatic hydroxyl groups excluding tert-OH is 1. The number of carbonyl (C=O) groups is 3. The van der Waals surface area contributed by atoms with Crippen LogP contribution in [0.25, 0.3) is 0 Å². The SMILES string of the molecule is CCSCC(=O)[C@H]1C(C(=O)OC)C[C@H]2[C@@H]3CCC4=CC(=O)C=C[C@]4(C)[C@@]3(F)C(O)C[C@]12C. The number of halogens is 1. The molecule has 32 heavy (non-hydrogen) atoms. The number of esters is 1. The second-order valence-electron chi connectivity index (χ2n) is 10.3. The molecule has 7 heteroatoms. The summed E-state index contributed by atoms with van der Waals surface area (Å²) in [5, 5.41) is 11.3. The molecule has 0 aliphatic heterocycles. The summed E-state index contributed by atoms with van der Waals surface area (Å²) in [6.45, 7) is 5.70. The predicted molar refractivity (Wildman–Crippen MR) is 121 cm³/mol. The molecule has 0 saturated heterocycles. The van der Waals surface area contributed by atoms with Crippen LogP contribution in [0, 0.1) is 34.5 Å². The minimum atomic E-state index is -1.96. The smallest absolute Gasteiger partial charge is 0.309 e. The number of ether oxygens (including phenoxy) is 1. The molecule has 8 atom stereocenters. The maximum absolute atomic E-state index is 17.1. The van der Waals surface area contributed by atoms with Gasteiger partial charge >= 0.3 is 5.97 Å². The van der Waals surface area contributed by atoms with E-state index >= 15 is 4.39 Å². The Bertz CT molecular complexity index is 899. The Kier molecular flexibility index (Phi) is 5.98. The molecular weight excluding hydrogens is 431 g/mol. The number of aliphatic hydroxyl groups is 1. The lowest BCUT2D eigenvalue weighted by Crippen LogP contribution is -2.66. The first-order valence-electron chi connectivity index (χ1n) is 11.5. The fraction of sp³-hybridized carbons (Fsp3) is 0.720. The summed E-state index contributed by atoms with van der Waals surface area (Å²) in [5.74, 6) is -1.46. The van der Waals surface area contributed by atoms with Crippen molar-refractivity contribution < 1.29 is 28.6 Å². The van der Waals surface area contributed by atoms with Crippen LogP contribution < -0.4 is 0 Å². The summed E-state index contributed by atoms with van der Waals surface area (Å²) < 4.78 is 22.2. The zero-order chi connectivity index (χ0) is 23.5. The average molecular weight is 465 g/mol. The Hall–Kier alpha value is -1.47. The van der Waals surface area contributed by atoms with Gasteiger partial charge in [0.2, 0.25) is 0 Å². The second kappa shape index (κ2) is 8.08. The third kappa shape index (κ3) is 3.10. The lowest BCUT2D eigenvalue weighted by molar-refractivity contribution is -0.195. The molecule has 0 aromatic heterocycles. The van der Waals surface area contributed by atoms with Crippen molar-refractivity contribution in [2.75, 3.05) is 18.6 Å². The molecule has 0 radical (unpaired) electrons. The van der Waals surface area contributed by atoms with Crippen LogP contribution in [0.4, 0.5) is 4.39 Å². The summed E-state index contributed by atoms with van der Waals surface area (Å²) in [6, 6.07) is 0. The highest BCUT2D eigenvalue weighted by atomic mass is 32.2. The van der Waals surface area contributed by atoms with E-state index < -0.39 is 46.3 Å². The van der Waals surface area contributed by atoms with Gasteiger partial charge in [0, 0.05) is 17.3 Å². The second-order valence-corrected chi connectivity index (χ2v) is 11.6. The van der Waals surface area contributed by atoms with E-state index in [-0.39, 0.29) is 23.9 Å². The van der Waals surface area contributed by atoms with Crippen LogP contribution in [-0.2, 0) is 19.1 Å². The fourth-order valence-electron chi connectivity index (χ4n) is 7.53. The molecule has 0 heterocycles. The van der Waals surface area contributed by atoms with Crippen molar-refractivity contribution in [2.24, 2.45) is 34.5 Å². The van der Waals surface area contributed by atoms with Gasteiger partial charge in [-0.05, 0) is 61.8 Å². The van der Waals surface area contributed by atoms with Gasteiger partial charge in [-0.3, -0.25) is 14.4 Å². The molecule has 0 aromatic carbocycles. The van der Waals surface area contributed by atoms with Crippen LogP contribution in [0.3, 0.4) is 0 Å². The first-order chi connectivity index (χ1) is 15.0. The molecule has 3 fully saturated rings. The molecule has 0 spiro atoms. The third-order valence-corrected chi connectivity index (χ3v) is 9.89. The van der Waals surface area contributed by atoms with Gasteiger partial charge in [0.25, 0.3) is 0 Å². The molecule has 0 amide bonds. The van der Waals surface area contributed by atoms with Gasteiger partial charge < -0.3 is 9.84 Å². The van der Waals surface area contributed by atoms with Crippen molar-refractivity contribution >= 4 is 29.3 Å². The number of Topliss-reactive ketones (excluding diaryl/α,β-unsaturated/α-hetero) is 1. The number of fused-ring (bicyclic) bond motifs is 5. The van der Waals surface area contributed by atoms with E-state index in [9.17, 15) is 19.5 Å². The summed E-state index contributed by atoms with van der Waals surface area (Å²) in [5.41, 5.74) is -3.00. The van der Waals surface area contributed by atoms with Gasteiger partial charge in [0.05, 0.1) is 24.9 Å². The number of methoxy groups -OCH3 is 1. The molecule has 5 nitrogen and oxygen atoms in total. The molecule has 2 unspecified atom stereocenters. The molecule has 3 saturated carbocycles. The summed E-state index contributed by atoms with van der Waals surface area (Å²) in [7, 11) is 1.33. The van der Waals surface area contributed by atoms with Crippen LogP contribution in [-0.4, -0.2) is 53.0 Å². The normalized spacial score (nSPS) is 44.9. The highest BCUT2D eigenvalue weighted by Gasteiger charge is 2.72. The van der Waals surface area contributed by atoms with Crippen LogP contribution >= 0.6 is 11.8 Å². The topological polar surface area (TPSA) is 80.7 Å². The van der Waals surface area contributed by atoms with E-state index in [1.165, 1.54) is 31.0 Å². The minimum absolute atomic E-state index is 0.0124. The lowest BCUT2D eigenvalue weighted by Gasteiger charge is -2.61. The van der Waals surface area contributed by atoms with Crippen LogP contribution in [0.2, 0.25) is 0 Å². The van der Waals surface area contributed by atoms with E-state index in [4.69, 9.17) is 4.74 Å². The highest BCUT2D eigenvalue weighted by Crippen LogP contribution is 2.70. The van der Waals surface area contributed by atoms with Crippen molar-refractivity contribution in [3.05, 3.63) is 23.8 Å².